The number of aromatic nitrogens is 2. The maximum atomic E-state index is 10.8. The lowest BCUT2D eigenvalue weighted by Gasteiger charge is -2.25. The Kier molecular flexibility index (Phi) is 7.73. The molecule has 0 bridgehead atoms. The number of hydrogen-bond acceptors (Lipinski definition) is 6. The number of para-hydroxylation sites is 4. The summed E-state index contributed by atoms with van der Waals surface area (Å²) in [7, 11) is 1.64. The fraction of sp³-hybridized carbons (Fsp3) is 0.300. The third kappa shape index (κ3) is 6.13. The summed E-state index contributed by atoms with van der Waals surface area (Å²) in [6.45, 7) is 3.35. The highest BCUT2D eigenvalue weighted by Gasteiger charge is 2.33. The van der Waals surface area contributed by atoms with Crippen LogP contribution in [-0.2, 0) is 6.54 Å². The molecular formula is C30H33N3O4. The fourth-order valence-electron chi connectivity index (χ4n) is 4.39. The number of methoxy groups -OCH3 is 1. The molecule has 1 aromatic heterocycles. The van der Waals surface area contributed by atoms with Crippen molar-refractivity contribution in [1.82, 2.24) is 14.7 Å². The lowest BCUT2D eigenvalue weighted by atomic mass is 10.2. The van der Waals surface area contributed by atoms with Crippen LogP contribution in [0.25, 0.3) is 5.69 Å². The fourth-order valence-corrected chi connectivity index (χ4v) is 4.39. The van der Waals surface area contributed by atoms with E-state index in [0.29, 0.717) is 36.5 Å². The second kappa shape index (κ2) is 11.5. The van der Waals surface area contributed by atoms with Crippen molar-refractivity contribution in [2.75, 3.05) is 20.3 Å². The van der Waals surface area contributed by atoms with E-state index in [1.165, 1.54) is 0 Å². The van der Waals surface area contributed by atoms with Gasteiger partial charge in [0.25, 0.3) is 0 Å². The van der Waals surface area contributed by atoms with Crippen molar-refractivity contribution in [3.05, 3.63) is 96.2 Å². The number of benzene rings is 3. The molecule has 0 amide bonds. The van der Waals surface area contributed by atoms with Crippen LogP contribution in [0, 0.1) is 6.92 Å². The van der Waals surface area contributed by atoms with Crippen molar-refractivity contribution in [3.8, 4) is 28.8 Å². The molecule has 1 aliphatic carbocycles. The van der Waals surface area contributed by atoms with Crippen LogP contribution in [0.15, 0.2) is 84.9 Å². The van der Waals surface area contributed by atoms with Crippen LogP contribution >= 0.6 is 0 Å². The topological polar surface area (TPSA) is 69.0 Å². The van der Waals surface area contributed by atoms with E-state index in [2.05, 4.69) is 4.90 Å². The van der Waals surface area contributed by atoms with Gasteiger partial charge in [-0.15, -0.1) is 0 Å². The van der Waals surface area contributed by atoms with Gasteiger partial charge in [-0.05, 0) is 56.2 Å². The minimum Gasteiger partial charge on any atom is -0.493 e. The quantitative estimate of drug-likeness (QED) is 0.282. The van der Waals surface area contributed by atoms with Gasteiger partial charge in [-0.25, -0.2) is 4.68 Å². The van der Waals surface area contributed by atoms with E-state index in [4.69, 9.17) is 19.3 Å². The summed E-state index contributed by atoms with van der Waals surface area (Å²) in [5.41, 5.74) is 2.78. The molecule has 0 aliphatic heterocycles. The van der Waals surface area contributed by atoms with Gasteiger partial charge < -0.3 is 19.3 Å². The molecule has 1 fully saturated rings. The van der Waals surface area contributed by atoms with Gasteiger partial charge in [0.1, 0.15) is 18.5 Å². The van der Waals surface area contributed by atoms with E-state index in [-0.39, 0.29) is 6.61 Å². The average molecular weight is 500 g/mol. The number of hydrogen-bond donors (Lipinski definition) is 1. The van der Waals surface area contributed by atoms with Gasteiger partial charge in [-0.3, -0.25) is 4.90 Å². The lowest BCUT2D eigenvalue weighted by molar-refractivity contribution is 0.0623. The maximum Gasteiger partial charge on any atom is 0.227 e. The van der Waals surface area contributed by atoms with Crippen molar-refractivity contribution in [1.29, 1.82) is 0 Å². The highest BCUT2D eigenvalue weighted by atomic mass is 16.5. The zero-order chi connectivity index (χ0) is 25.6. The van der Waals surface area contributed by atoms with Crippen molar-refractivity contribution in [2.45, 2.75) is 38.5 Å². The Morgan fingerprint density at radius 1 is 0.946 bits per heavy atom. The molecular weight excluding hydrogens is 466 g/mol. The van der Waals surface area contributed by atoms with Crippen molar-refractivity contribution < 1.29 is 19.3 Å². The molecule has 7 nitrogen and oxygen atoms in total. The Labute approximate surface area is 217 Å². The van der Waals surface area contributed by atoms with Gasteiger partial charge >= 0.3 is 0 Å². The lowest BCUT2D eigenvalue weighted by Crippen LogP contribution is -2.36. The van der Waals surface area contributed by atoms with Crippen molar-refractivity contribution >= 4 is 0 Å². The minimum absolute atomic E-state index is 0.236. The molecule has 37 heavy (non-hydrogen) atoms. The molecule has 5 rings (SSSR count). The summed E-state index contributed by atoms with van der Waals surface area (Å²) in [6.07, 6.45) is 1.60. The molecule has 1 N–H and O–H groups in total. The van der Waals surface area contributed by atoms with E-state index < -0.39 is 6.10 Å². The zero-order valence-electron chi connectivity index (χ0n) is 21.3. The number of aryl methyl sites for hydroxylation is 1. The molecule has 0 unspecified atom stereocenters. The van der Waals surface area contributed by atoms with Crippen molar-refractivity contribution in [3.63, 3.8) is 0 Å². The summed E-state index contributed by atoms with van der Waals surface area (Å²) < 4.78 is 19.7. The number of rotatable bonds is 12. The van der Waals surface area contributed by atoms with Crippen molar-refractivity contribution in [2.24, 2.45) is 0 Å². The van der Waals surface area contributed by atoms with E-state index in [0.717, 1.165) is 35.5 Å². The Morgan fingerprint density at radius 2 is 1.59 bits per heavy atom. The molecule has 3 aromatic carbocycles. The molecule has 0 saturated heterocycles. The van der Waals surface area contributed by atoms with Crippen LogP contribution in [0.3, 0.4) is 0 Å². The second-order valence-electron chi connectivity index (χ2n) is 9.31. The maximum absolute atomic E-state index is 10.8. The highest BCUT2D eigenvalue weighted by molar-refractivity contribution is 5.47. The molecule has 1 saturated carbocycles. The first-order valence-corrected chi connectivity index (χ1v) is 12.7. The van der Waals surface area contributed by atoms with Crippen LogP contribution < -0.4 is 14.2 Å². The van der Waals surface area contributed by atoms with Crippen LogP contribution in [-0.4, -0.2) is 52.2 Å². The molecule has 0 spiro atoms. The largest absolute Gasteiger partial charge is 0.493 e. The Bertz CT molecular complexity index is 1290. The summed E-state index contributed by atoms with van der Waals surface area (Å²) in [5.74, 6) is 2.68. The molecule has 1 heterocycles. The van der Waals surface area contributed by atoms with Gasteiger partial charge in [0.2, 0.25) is 5.88 Å². The average Bonchev–Trinajstić information content (AvgIpc) is 3.74. The molecule has 0 radical (unpaired) electrons. The Balaban J connectivity index is 1.41. The number of aliphatic hydroxyl groups excluding tert-OH is 1. The predicted molar refractivity (Wildman–Crippen MR) is 143 cm³/mol. The van der Waals surface area contributed by atoms with E-state index in [1.807, 2.05) is 96.5 Å². The molecule has 4 aromatic rings. The number of ether oxygens (including phenoxy) is 3. The van der Waals surface area contributed by atoms with E-state index >= 15 is 0 Å². The van der Waals surface area contributed by atoms with Crippen LogP contribution in [0.2, 0.25) is 0 Å². The second-order valence-corrected chi connectivity index (χ2v) is 9.31. The number of nitrogens with zero attached hydrogens (tertiary/aromatic N) is 3. The first kappa shape index (κ1) is 24.9. The third-order valence-electron chi connectivity index (χ3n) is 6.47. The SMILES string of the molecule is COc1ccccc1Oc1c(CN(C[C@H](O)COc2ccccc2)C2CC2)c(C)nn1-c1ccccc1. The zero-order valence-corrected chi connectivity index (χ0v) is 21.3. The number of aliphatic hydroxyl groups is 1. The first-order valence-electron chi connectivity index (χ1n) is 12.7. The molecule has 1 aliphatic rings. The van der Waals surface area contributed by atoms with E-state index in [1.54, 1.807) is 7.11 Å². The normalized spacial score (nSPS) is 13.9. The van der Waals surface area contributed by atoms with Gasteiger partial charge in [0, 0.05) is 19.1 Å². The summed E-state index contributed by atoms with van der Waals surface area (Å²) >= 11 is 0. The first-order chi connectivity index (χ1) is 18.1. The molecule has 192 valence electrons. The molecule has 7 heteroatoms. The molecule has 1 atom stereocenters. The third-order valence-corrected chi connectivity index (χ3v) is 6.47. The summed E-state index contributed by atoms with van der Waals surface area (Å²) in [5, 5.41) is 15.7. The predicted octanol–water partition coefficient (Wildman–Crippen LogP) is 5.39. The van der Waals surface area contributed by atoms with Crippen LogP contribution in [0.4, 0.5) is 0 Å². The standard InChI is InChI=1S/C30H33N3O4/c1-22-27(20-32(23-17-18-23)19-25(34)21-36-26-13-7-4-8-14-26)30(33(31-22)24-11-5-3-6-12-24)37-29-16-10-9-15-28(29)35-2/h3-16,23,25,34H,17-21H2,1-2H3/t25-/m0/s1. The summed E-state index contributed by atoms with van der Waals surface area (Å²) in [6, 6.07) is 27.6. The van der Waals surface area contributed by atoms with Gasteiger partial charge in [0.15, 0.2) is 11.5 Å². The monoisotopic (exact) mass is 499 g/mol. The smallest absolute Gasteiger partial charge is 0.227 e. The Hall–Kier alpha value is -3.81. The van der Waals surface area contributed by atoms with Gasteiger partial charge in [-0.1, -0.05) is 48.5 Å². The summed E-state index contributed by atoms with van der Waals surface area (Å²) in [4.78, 5) is 2.31. The van der Waals surface area contributed by atoms with E-state index in [9.17, 15) is 5.11 Å². The minimum atomic E-state index is -0.621. The van der Waals surface area contributed by atoms with Crippen LogP contribution in [0.5, 0.6) is 23.1 Å². The van der Waals surface area contributed by atoms with Gasteiger partial charge in [0.05, 0.1) is 24.1 Å². The van der Waals surface area contributed by atoms with Gasteiger partial charge in [-0.2, -0.15) is 5.10 Å². The Morgan fingerprint density at radius 3 is 2.27 bits per heavy atom. The highest BCUT2D eigenvalue weighted by Crippen LogP contribution is 2.37. The van der Waals surface area contributed by atoms with Crippen LogP contribution in [0.1, 0.15) is 24.1 Å².